The van der Waals surface area contributed by atoms with Crippen LogP contribution in [0.25, 0.3) is 0 Å². The number of hydrogen-bond donors (Lipinski definition) is 3. The highest BCUT2D eigenvalue weighted by Gasteiger charge is 1.80. The first-order valence-corrected chi connectivity index (χ1v) is 5.45. The van der Waals surface area contributed by atoms with Crippen LogP contribution in [0, 0.1) is 10.8 Å². The zero-order chi connectivity index (χ0) is 15.4. The first-order chi connectivity index (χ1) is 8.49. The Labute approximate surface area is 112 Å². The Morgan fingerprint density at radius 1 is 1.22 bits per heavy atom. The summed E-state index contributed by atoms with van der Waals surface area (Å²) in [4.78, 5) is 0. The molecule has 0 aromatic heterocycles. The molecule has 0 aliphatic carbocycles. The van der Waals surface area contributed by atoms with Crippen molar-refractivity contribution in [2.24, 2.45) is 5.73 Å². The van der Waals surface area contributed by atoms with Crippen LogP contribution in [0.1, 0.15) is 27.7 Å². The average Bonchev–Trinajstić information content (AvgIpc) is 2.33. The van der Waals surface area contributed by atoms with Crippen molar-refractivity contribution in [1.82, 2.24) is 0 Å². The minimum Gasteiger partial charge on any atom is -0.464 e. The first kappa shape index (κ1) is 24.9. The topological polar surface area (TPSA) is 83.0 Å². The number of nitrogens with one attached hydrogen (secondary N) is 2. The molecule has 0 amide bonds. The van der Waals surface area contributed by atoms with Crippen molar-refractivity contribution in [2.75, 3.05) is 0 Å². The Bertz CT molecular complexity index is 250. The summed E-state index contributed by atoms with van der Waals surface area (Å²) in [6, 6.07) is 0. The zero-order valence-corrected chi connectivity index (χ0v) is 12.0. The summed E-state index contributed by atoms with van der Waals surface area (Å²) in [5.41, 5.74) is 5.29. The third-order valence-corrected chi connectivity index (χ3v) is 0.733. The highest BCUT2D eigenvalue weighted by molar-refractivity contribution is 5.71. The maximum absolute atomic E-state index is 6.69. The summed E-state index contributed by atoms with van der Waals surface area (Å²) in [5.74, 6) is 0.317. The molecular weight excluding hydrogens is 226 g/mol. The van der Waals surface area contributed by atoms with Crippen LogP contribution in [-0.4, -0.2) is 12.6 Å². The summed E-state index contributed by atoms with van der Waals surface area (Å²) >= 11 is 0. The molecule has 0 saturated heterocycles. The molecule has 0 aliphatic heterocycles. The summed E-state index contributed by atoms with van der Waals surface area (Å²) in [6.45, 7) is 18.2. The highest BCUT2D eigenvalue weighted by Crippen LogP contribution is 1.93. The molecule has 0 aromatic rings. The maximum atomic E-state index is 6.69. The minimum atomic E-state index is 0.317. The van der Waals surface area contributed by atoms with Crippen molar-refractivity contribution in [3.8, 4) is 0 Å². The maximum Gasteiger partial charge on any atom is 0.136 e. The Kier molecular flexibility index (Phi) is 40.7. The van der Waals surface area contributed by atoms with Crippen LogP contribution in [0.3, 0.4) is 0 Å². The van der Waals surface area contributed by atoms with Gasteiger partial charge in [0.1, 0.15) is 5.76 Å². The lowest BCUT2D eigenvalue weighted by atomic mass is 10.3. The second-order valence-corrected chi connectivity index (χ2v) is 2.45. The van der Waals surface area contributed by atoms with Gasteiger partial charge in [0, 0.05) is 0 Å². The molecule has 0 saturated carbocycles. The standard InChI is InChI=1S/C8H11NO.C3H6.C2H6.CH4N2/c1-7(2)4-5-10-8(3)6-9;1-3-2;1-2;2-1-3/h4-6,9H,1,3H2,2H3;3H,1H2,2H3;1-2H3;1H,(H3,2,3)/b5-4+,9-6?;;;. The van der Waals surface area contributed by atoms with Gasteiger partial charge in [0.15, 0.2) is 0 Å². The average molecular weight is 253 g/mol. The lowest BCUT2D eigenvalue weighted by molar-refractivity contribution is 0.381. The molecule has 4 nitrogen and oxygen atoms in total. The summed E-state index contributed by atoms with van der Waals surface area (Å²) < 4.78 is 4.82. The Morgan fingerprint density at radius 3 is 1.78 bits per heavy atom. The van der Waals surface area contributed by atoms with E-state index in [9.17, 15) is 0 Å². The van der Waals surface area contributed by atoms with Crippen LogP contribution in [0.15, 0.2) is 49.5 Å². The quantitative estimate of drug-likeness (QED) is 0.232. The third-order valence-electron chi connectivity index (χ3n) is 0.733. The molecule has 0 aromatic carbocycles. The molecule has 0 rings (SSSR count). The second kappa shape index (κ2) is 29.4. The molecule has 4 heteroatoms. The van der Waals surface area contributed by atoms with Gasteiger partial charge in [-0.05, 0) is 19.9 Å². The van der Waals surface area contributed by atoms with E-state index in [0.717, 1.165) is 18.1 Å². The van der Waals surface area contributed by atoms with Crippen molar-refractivity contribution in [2.45, 2.75) is 27.7 Å². The Morgan fingerprint density at radius 2 is 1.56 bits per heavy atom. The van der Waals surface area contributed by atoms with Gasteiger partial charge in [-0.3, -0.25) is 5.41 Å². The van der Waals surface area contributed by atoms with E-state index in [1.807, 2.05) is 27.7 Å². The van der Waals surface area contributed by atoms with Crippen molar-refractivity contribution < 1.29 is 4.74 Å². The number of hydrogen-bond acceptors (Lipinski definition) is 3. The molecule has 0 heterocycles. The van der Waals surface area contributed by atoms with E-state index in [1.165, 1.54) is 6.26 Å². The van der Waals surface area contributed by atoms with Gasteiger partial charge >= 0.3 is 0 Å². The smallest absolute Gasteiger partial charge is 0.136 e. The summed E-state index contributed by atoms with van der Waals surface area (Å²) in [5, 5.41) is 12.5. The van der Waals surface area contributed by atoms with Crippen LogP contribution in [-0.2, 0) is 4.74 Å². The first-order valence-electron chi connectivity index (χ1n) is 5.45. The van der Waals surface area contributed by atoms with E-state index in [-0.39, 0.29) is 0 Å². The van der Waals surface area contributed by atoms with Crippen molar-refractivity contribution in [3.05, 3.63) is 49.5 Å². The van der Waals surface area contributed by atoms with E-state index in [4.69, 9.17) is 15.6 Å². The fourth-order valence-corrected chi connectivity index (χ4v) is 0.272. The van der Waals surface area contributed by atoms with Gasteiger partial charge in [-0.1, -0.05) is 38.7 Å². The largest absolute Gasteiger partial charge is 0.464 e. The lowest BCUT2D eigenvalue weighted by Gasteiger charge is -1.94. The van der Waals surface area contributed by atoms with E-state index in [1.54, 1.807) is 12.2 Å². The highest BCUT2D eigenvalue weighted by atomic mass is 16.5. The number of allylic oxidation sites excluding steroid dienone is 4. The van der Waals surface area contributed by atoms with Crippen LogP contribution < -0.4 is 5.73 Å². The molecule has 0 spiro atoms. The molecule has 0 radical (unpaired) electrons. The van der Waals surface area contributed by atoms with Crippen molar-refractivity contribution >= 4 is 12.6 Å². The SMILES string of the molecule is C=C(C)/C=C/OC(=C)C=N.C=CC.CC.N=CN. The van der Waals surface area contributed by atoms with Crippen LogP contribution in [0.2, 0.25) is 0 Å². The summed E-state index contributed by atoms with van der Waals surface area (Å²) in [6.07, 6.45) is 6.70. The molecule has 104 valence electrons. The van der Waals surface area contributed by atoms with Crippen LogP contribution in [0.5, 0.6) is 0 Å². The minimum absolute atomic E-state index is 0.317. The molecule has 0 bridgehead atoms. The van der Waals surface area contributed by atoms with Crippen molar-refractivity contribution in [3.63, 3.8) is 0 Å². The fourth-order valence-electron chi connectivity index (χ4n) is 0.272. The van der Waals surface area contributed by atoms with Gasteiger partial charge in [-0.2, -0.15) is 0 Å². The van der Waals surface area contributed by atoms with E-state index < -0.39 is 0 Å². The van der Waals surface area contributed by atoms with Crippen molar-refractivity contribution in [1.29, 1.82) is 10.8 Å². The van der Waals surface area contributed by atoms with Gasteiger partial charge in [0.05, 0.1) is 18.8 Å². The number of ether oxygens (including phenoxy) is 1. The van der Waals surface area contributed by atoms with E-state index >= 15 is 0 Å². The van der Waals surface area contributed by atoms with Gasteiger partial charge in [-0.15, -0.1) is 6.58 Å². The molecular formula is C14H27N3O. The lowest BCUT2D eigenvalue weighted by Crippen LogP contribution is -1.81. The Balaban J connectivity index is -0.000000102. The van der Waals surface area contributed by atoms with E-state index in [0.29, 0.717) is 5.76 Å². The number of rotatable bonds is 4. The molecule has 0 atom stereocenters. The predicted molar refractivity (Wildman–Crippen MR) is 83.2 cm³/mol. The molecule has 4 N–H and O–H groups in total. The predicted octanol–water partition coefficient (Wildman–Crippen LogP) is 4.03. The zero-order valence-electron chi connectivity index (χ0n) is 12.0. The molecule has 0 unspecified atom stereocenters. The monoisotopic (exact) mass is 253 g/mol. The van der Waals surface area contributed by atoms with Gasteiger partial charge in [-0.25, -0.2) is 0 Å². The fraction of sp³-hybridized carbons (Fsp3) is 0.286. The number of nitrogens with two attached hydrogens (primary N) is 1. The second-order valence-electron chi connectivity index (χ2n) is 2.45. The van der Waals surface area contributed by atoms with Crippen LogP contribution in [0.4, 0.5) is 0 Å². The molecule has 0 fully saturated rings. The molecule has 0 aliphatic rings. The van der Waals surface area contributed by atoms with Gasteiger partial charge in [0.25, 0.3) is 0 Å². The van der Waals surface area contributed by atoms with Gasteiger partial charge in [0.2, 0.25) is 0 Å². The van der Waals surface area contributed by atoms with Gasteiger partial charge < -0.3 is 15.9 Å². The normalized spacial score (nSPS) is 6.89. The van der Waals surface area contributed by atoms with Crippen LogP contribution >= 0.6 is 0 Å². The summed E-state index contributed by atoms with van der Waals surface area (Å²) in [7, 11) is 0. The third kappa shape index (κ3) is 66.4. The van der Waals surface area contributed by atoms with E-state index in [2.05, 4.69) is 25.5 Å². The Hall–Kier alpha value is -2.10. The molecule has 18 heavy (non-hydrogen) atoms.